The minimum atomic E-state index is -0.104. The fourth-order valence-corrected chi connectivity index (χ4v) is 4.68. The van der Waals surface area contributed by atoms with Gasteiger partial charge in [-0.2, -0.15) is 0 Å². The van der Waals surface area contributed by atoms with E-state index in [0.717, 1.165) is 28.4 Å². The Morgan fingerprint density at radius 2 is 1.24 bits per heavy atom. The van der Waals surface area contributed by atoms with Gasteiger partial charge in [0.2, 0.25) is 11.1 Å². The molecule has 0 fully saturated rings. The number of nitrogens with zero attached hydrogens (tertiary/aromatic N) is 3. The van der Waals surface area contributed by atoms with E-state index >= 15 is 0 Å². The topological polar surface area (TPSA) is 95.5 Å². The molecule has 0 bridgehead atoms. The number of hydrogen-bond donors (Lipinski definition) is 1. The van der Waals surface area contributed by atoms with Crippen molar-refractivity contribution in [3.8, 4) is 45.5 Å². The summed E-state index contributed by atoms with van der Waals surface area (Å²) in [7, 11) is 3.26. The molecule has 0 atom stereocenters. The van der Waals surface area contributed by atoms with Crippen LogP contribution in [0.25, 0.3) is 22.5 Å². The van der Waals surface area contributed by atoms with Crippen molar-refractivity contribution in [2.45, 2.75) is 11.6 Å². The average Bonchev–Trinajstić information content (AvgIpc) is 3.02. The summed E-state index contributed by atoms with van der Waals surface area (Å²) in [6.07, 6.45) is 0.286. The first-order valence-electron chi connectivity index (χ1n) is 12.9. The first-order valence-corrected chi connectivity index (χ1v) is 13.9. The van der Waals surface area contributed by atoms with Gasteiger partial charge in [0.05, 0.1) is 14.2 Å². The molecule has 9 heteroatoms. The molecule has 5 aromatic rings. The number of para-hydroxylation sites is 1. The van der Waals surface area contributed by atoms with Crippen molar-refractivity contribution in [3.63, 3.8) is 0 Å². The second-order valence-corrected chi connectivity index (χ2v) is 9.90. The van der Waals surface area contributed by atoms with Crippen molar-refractivity contribution < 1.29 is 19.0 Å². The fourth-order valence-electron chi connectivity index (χ4n) is 3.96. The van der Waals surface area contributed by atoms with Crippen LogP contribution in [0.5, 0.6) is 23.0 Å². The number of hydrogen-bond acceptors (Lipinski definition) is 8. The summed E-state index contributed by atoms with van der Waals surface area (Å²) in [5.41, 5.74) is 3.79. The Kier molecular flexibility index (Phi) is 9.08. The minimum absolute atomic E-state index is 0.104. The second kappa shape index (κ2) is 13.5. The molecule has 1 aromatic heterocycles. The molecule has 1 amide bonds. The van der Waals surface area contributed by atoms with Crippen LogP contribution in [0.3, 0.4) is 0 Å². The van der Waals surface area contributed by atoms with Gasteiger partial charge in [-0.05, 0) is 84.9 Å². The zero-order valence-corrected chi connectivity index (χ0v) is 23.4. The van der Waals surface area contributed by atoms with Gasteiger partial charge >= 0.3 is 0 Å². The van der Waals surface area contributed by atoms with Crippen LogP contribution in [0.1, 0.15) is 6.42 Å². The molecule has 0 aliphatic rings. The van der Waals surface area contributed by atoms with Crippen LogP contribution >= 0.6 is 11.8 Å². The molecular formula is C32H28N4O4S. The summed E-state index contributed by atoms with van der Waals surface area (Å²) in [6.45, 7) is 0. The second-order valence-electron chi connectivity index (χ2n) is 8.83. The zero-order valence-electron chi connectivity index (χ0n) is 22.6. The van der Waals surface area contributed by atoms with Crippen molar-refractivity contribution in [1.82, 2.24) is 15.2 Å². The molecule has 0 aliphatic carbocycles. The molecule has 0 radical (unpaired) electrons. The Hall–Kier alpha value is -4.89. The normalized spacial score (nSPS) is 10.6. The number of methoxy groups -OCH3 is 2. The van der Waals surface area contributed by atoms with Crippen molar-refractivity contribution >= 4 is 23.4 Å². The SMILES string of the molecule is COc1ccc(-c2nnc(SCCC(=O)Nc3ccc(Oc4ccccc4)cc3)nc2-c2ccc(OC)cc2)cc1. The fraction of sp³-hybridized carbons (Fsp3) is 0.125. The third-order valence-corrected chi connectivity index (χ3v) is 6.91. The van der Waals surface area contributed by atoms with E-state index < -0.39 is 0 Å². The predicted octanol–water partition coefficient (Wildman–Crippen LogP) is 7.14. The highest BCUT2D eigenvalue weighted by atomic mass is 32.2. The number of thioether (sulfide) groups is 1. The standard InChI is InChI=1S/C32H28N4O4S/c1-38-25-14-8-22(9-15-25)30-31(23-10-16-26(39-2)17-11-23)35-36-32(34-30)41-21-20-29(37)33-24-12-18-28(19-13-24)40-27-6-4-3-5-7-27/h3-19H,20-21H2,1-2H3,(H,33,37). The smallest absolute Gasteiger partial charge is 0.225 e. The van der Waals surface area contributed by atoms with Crippen molar-refractivity contribution in [2.75, 3.05) is 25.3 Å². The van der Waals surface area contributed by atoms with E-state index in [1.807, 2.05) is 103 Å². The molecule has 41 heavy (non-hydrogen) atoms. The molecule has 0 aliphatic heterocycles. The van der Waals surface area contributed by atoms with Crippen LogP contribution in [-0.4, -0.2) is 41.1 Å². The molecule has 0 unspecified atom stereocenters. The number of benzene rings is 4. The Labute approximate surface area is 242 Å². The van der Waals surface area contributed by atoms with Crippen LogP contribution in [0.2, 0.25) is 0 Å². The summed E-state index contributed by atoms with van der Waals surface area (Å²) in [5, 5.41) is 12.3. The third-order valence-electron chi connectivity index (χ3n) is 6.07. The van der Waals surface area contributed by atoms with E-state index in [0.29, 0.717) is 33.7 Å². The molecule has 0 spiro atoms. The van der Waals surface area contributed by atoms with E-state index in [2.05, 4.69) is 15.5 Å². The van der Waals surface area contributed by atoms with E-state index in [9.17, 15) is 4.79 Å². The summed E-state index contributed by atoms with van der Waals surface area (Å²) >= 11 is 1.38. The summed E-state index contributed by atoms with van der Waals surface area (Å²) in [4.78, 5) is 17.4. The van der Waals surface area contributed by atoms with Crippen LogP contribution in [0, 0.1) is 0 Å². The summed E-state index contributed by atoms with van der Waals surface area (Å²) in [5.74, 6) is 3.34. The Morgan fingerprint density at radius 1 is 0.683 bits per heavy atom. The number of rotatable bonds is 11. The Balaban J connectivity index is 1.23. The lowest BCUT2D eigenvalue weighted by atomic mass is 10.0. The lowest BCUT2D eigenvalue weighted by molar-refractivity contribution is -0.115. The largest absolute Gasteiger partial charge is 0.497 e. The number of carbonyl (C=O) groups is 1. The van der Waals surface area contributed by atoms with Crippen LogP contribution in [0.4, 0.5) is 5.69 Å². The average molecular weight is 565 g/mol. The third kappa shape index (κ3) is 7.40. The van der Waals surface area contributed by atoms with Gasteiger partial charge in [0.1, 0.15) is 34.4 Å². The van der Waals surface area contributed by atoms with Gasteiger partial charge < -0.3 is 19.5 Å². The van der Waals surface area contributed by atoms with Gasteiger partial charge in [-0.25, -0.2) is 4.98 Å². The zero-order chi connectivity index (χ0) is 28.4. The van der Waals surface area contributed by atoms with Crippen molar-refractivity contribution in [2.24, 2.45) is 0 Å². The first kappa shape index (κ1) is 27.7. The Morgan fingerprint density at radius 3 is 1.85 bits per heavy atom. The van der Waals surface area contributed by atoms with E-state index in [-0.39, 0.29) is 12.3 Å². The molecule has 5 rings (SSSR count). The van der Waals surface area contributed by atoms with Crippen molar-refractivity contribution in [1.29, 1.82) is 0 Å². The number of amides is 1. The van der Waals surface area contributed by atoms with Gasteiger partial charge in [0, 0.05) is 29.0 Å². The highest BCUT2D eigenvalue weighted by Gasteiger charge is 2.15. The highest BCUT2D eigenvalue weighted by molar-refractivity contribution is 7.99. The van der Waals surface area contributed by atoms with Gasteiger partial charge in [-0.15, -0.1) is 10.2 Å². The minimum Gasteiger partial charge on any atom is -0.497 e. The van der Waals surface area contributed by atoms with Crippen molar-refractivity contribution in [3.05, 3.63) is 103 Å². The molecule has 206 valence electrons. The number of aromatic nitrogens is 3. The monoisotopic (exact) mass is 564 g/mol. The summed E-state index contributed by atoms with van der Waals surface area (Å²) < 4.78 is 16.4. The van der Waals surface area contributed by atoms with Gasteiger partial charge in [-0.3, -0.25) is 4.79 Å². The molecule has 1 heterocycles. The number of carbonyl (C=O) groups excluding carboxylic acids is 1. The highest BCUT2D eigenvalue weighted by Crippen LogP contribution is 2.32. The maximum atomic E-state index is 12.6. The first-order chi connectivity index (χ1) is 20.1. The van der Waals surface area contributed by atoms with E-state index in [4.69, 9.17) is 19.2 Å². The molecular weight excluding hydrogens is 536 g/mol. The number of anilines is 1. The molecule has 0 saturated carbocycles. The number of ether oxygens (including phenoxy) is 3. The lowest BCUT2D eigenvalue weighted by Crippen LogP contribution is -2.12. The molecule has 8 nitrogen and oxygen atoms in total. The number of nitrogens with one attached hydrogen (secondary N) is 1. The van der Waals surface area contributed by atoms with Crippen LogP contribution in [-0.2, 0) is 4.79 Å². The van der Waals surface area contributed by atoms with E-state index in [1.165, 1.54) is 11.8 Å². The maximum Gasteiger partial charge on any atom is 0.225 e. The van der Waals surface area contributed by atoms with Crippen LogP contribution in [0.15, 0.2) is 108 Å². The molecule has 1 N–H and O–H groups in total. The summed E-state index contributed by atoms with van der Waals surface area (Å²) in [6, 6.07) is 32.1. The molecule has 4 aromatic carbocycles. The van der Waals surface area contributed by atoms with Gasteiger partial charge in [0.15, 0.2) is 0 Å². The predicted molar refractivity (Wildman–Crippen MR) is 161 cm³/mol. The van der Waals surface area contributed by atoms with Gasteiger partial charge in [-0.1, -0.05) is 30.0 Å². The molecule has 0 saturated heterocycles. The van der Waals surface area contributed by atoms with E-state index in [1.54, 1.807) is 14.2 Å². The maximum absolute atomic E-state index is 12.6. The Bertz CT molecular complexity index is 1580. The van der Waals surface area contributed by atoms with Crippen LogP contribution < -0.4 is 19.5 Å². The lowest BCUT2D eigenvalue weighted by Gasteiger charge is -2.11. The van der Waals surface area contributed by atoms with Gasteiger partial charge in [0.25, 0.3) is 0 Å². The quantitative estimate of drug-likeness (QED) is 0.169.